The molecule has 13 heavy (non-hydrogen) atoms. The van der Waals surface area contributed by atoms with Gasteiger partial charge in [-0.2, -0.15) is 0 Å². The SMILES string of the molecule is COCCNc1cc(SC)ncn1. The summed E-state index contributed by atoms with van der Waals surface area (Å²) in [4.78, 5) is 8.13. The molecule has 0 bridgehead atoms. The first-order chi connectivity index (χ1) is 6.36. The molecule has 0 aliphatic rings. The average Bonchev–Trinajstić information content (AvgIpc) is 2.19. The van der Waals surface area contributed by atoms with Crippen molar-refractivity contribution in [3.63, 3.8) is 0 Å². The maximum atomic E-state index is 4.91. The summed E-state index contributed by atoms with van der Waals surface area (Å²) in [6.45, 7) is 1.44. The van der Waals surface area contributed by atoms with Crippen molar-refractivity contribution in [1.82, 2.24) is 9.97 Å². The van der Waals surface area contributed by atoms with Crippen molar-refractivity contribution in [2.24, 2.45) is 0 Å². The lowest BCUT2D eigenvalue weighted by Gasteiger charge is -2.04. The van der Waals surface area contributed by atoms with E-state index in [1.807, 2.05) is 12.3 Å². The van der Waals surface area contributed by atoms with Crippen LogP contribution in [0.5, 0.6) is 0 Å². The summed E-state index contributed by atoms with van der Waals surface area (Å²) in [6, 6.07) is 1.92. The molecule has 72 valence electrons. The Balaban J connectivity index is 2.46. The fourth-order valence-electron chi connectivity index (χ4n) is 0.829. The number of aromatic nitrogens is 2. The Bertz CT molecular complexity index is 257. The Morgan fingerprint density at radius 2 is 2.38 bits per heavy atom. The van der Waals surface area contributed by atoms with Gasteiger partial charge in [-0.15, -0.1) is 11.8 Å². The standard InChI is InChI=1S/C8H13N3OS/c1-12-4-3-9-7-5-8(13-2)11-6-10-7/h5-6H,3-4H2,1-2H3,(H,9,10,11). The monoisotopic (exact) mass is 199 g/mol. The molecule has 1 heterocycles. The number of anilines is 1. The van der Waals surface area contributed by atoms with Crippen LogP contribution in [0.3, 0.4) is 0 Å². The van der Waals surface area contributed by atoms with Gasteiger partial charge >= 0.3 is 0 Å². The summed E-state index contributed by atoms with van der Waals surface area (Å²) in [5.74, 6) is 0.844. The quantitative estimate of drug-likeness (QED) is 0.439. The summed E-state index contributed by atoms with van der Waals surface area (Å²) in [5.41, 5.74) is 0. The van der Waals surface area contributed by atoms with E-state index < -0.39 is 0 Å². The Labute approximate surface area is 82.1 Å². The molecule has 0 unspecified atom stereocenters. The van der Waals surface area contributed by atoms with Crippen LogP contribution in [0.1, 0.15) is 0 Å². The highest BCUT2D eigenvalue weighted by Gasteiger charge is 1.95. The summed E-state index contributed by atoms with van der Waals surface area (Å²) >= 11 is 1.60. The van der Waals surface area contributed by atoms with Crippen LogP contribution >= 0.6 is 11.8 Å². The van der Waals surface area contributed by atoms with Crippen molar-refractivity contribution in [3.8, 4) is 0 Å². The highest BCUT2D eigenvalue weighted by Crippen LogP contribution is 2.12. The minimum atomic E-state index is 0.679. The third kappa shape index (κ3) is 3.61. The molecule has 0 spiro atoms. The smallest absolute Gasteiger partial charge is 0.130 e. The number of hydrogen-bond acceptors (Lipinski definition) is 5. The first-order valence-electron chi connectivity index (χ1n) is 3.95. The lowest BCUT2D eigenvalue weighted by molar-refractivity contribution is 0.210. The van der Waals surface area contributed by atoms with Gasteiger partial charge in [0.05, 0.1) is 6.61 Å². The Morgan fingerprint density at radius 3 is 3.08 bits per heavy atom. The Morgan fingerprint density at radius 1 is 1.54 bits per heavy atom. The fourth-order valence-corrected chi connectivity index (χ4v) is 1.21. The first-order valence-corrected chi connectivity index (χ1v) is 5.18. The lowest BCUT2D eigenvalue weighted by atomic mass is 10.5. The zero-order chi connectivity index (χ0) is 9.52. The molecule has 0 fully saturated rings. The average molecular weight is 199 g/mol. The minimum absolute atomic E-state index is 0.679. The van der Waals surface area contributed by atoms with Gasteiger partial charge < -0.3 is 10.1 Å². The zero-order valence-corrected chi connectivity index (χ0v) is 8.60. The van der Waals surface area contributed by atoms with E-state index in [0.717, 1.165) is 17.4 Å². The molecule has 1 rings (SSSR count). The van der Waals surface area contributed by atoms with E-state index in [-0.39, 0.29) is 0 Å². The van der Waals surface area contributed by atoms with E-state index in [9.17, 15) is 0 Å². The number of ether oxygens (including phenoxy) is 1. The summed E-state index contributed by atoms with van der Waals surface area (Å²) < 4.78 is 4.91. The van der Waals surface area contributed by atoms with Crippen molar-refractivity contribution >= 4 is 17.6 Å². The molecule has 0 amide bonds. The topological polar surface area (TPSA) is 47.0 Å². The van der Waals surface area contributed by atoms with Gasteiger partial charge in [-0.1, -0.05) is 0 Å². The van der Waals surface area contributed by atoms with Crippen LogP contribution in [0.2, 0.25) is 0 Å². The molecular weight excluding hydrogens is 186 g/mol. The normalized spacial score (nSPS) is 10.0. The minimum Gasteiger partial charge on any atom is -0.383 e. The van der Waals surface area contributed by atoms with Gasteiger partial charge in [0.25, 0.3) is 0 Å². The van der Waals surface area contributed by atoms with E-state index in [0.29, 0.717) is 6.61 Å². The molecule has 0 radical (unpaired) electrons. The van der Waals surface area contributed by atoms with Crippen LogP contribution in [0.15, 0.2) is 17.4 Å². The van der Waals surface area contributed by atoms with Crippen molar-refractivity contribution in [3.05, 3.63) is 12.4 Å². The van der Waals surface area contributed by atoms with Gasteiger partial charge in [-0.3, -0.25) is 0 Å². The second-order valence-electron chi connectivity index (χ2n) is 2.37. The number of nitrogens with one attached hydrogen (secondary N) is 1. The molecular formula is C8H13N3OS. The molecule has 0 aromatic carbocycles. The third-order valence-corrected chi connectivity index (χ3v) is 2.10. The van der Waals surface area contributed by atoms with Gasteiger partial charge in [-0.05, 0) is 6.26 Å². The van der Waals surface area contributed by atoms with Gasteiger partial charge in [0.15, 0.2) is 0 Å². The molecule has 1 aromatic heterocycles. The third-order valence-electron chi connectivity index (χ3n) is 1.46. The number of methoxy groups -OCH3 is 1. The fraction of sp³-hybridized carbons (Fsp3) is 0.500. The highest BCUT2D eigenvalue weighted by atomic mass is 32.2. The molecule has 0 saturated heterocycles. The molecule has 0 aliphatic carbocycles. The van der Waals surface area contributed by atoms with E-state index >= 15 is 0 Å². The molecule has 1 N–H and O–H groups in total. The number of thioether (sulfide) groups is 1. The van der Waals surface area contributed by atoms with Crippen LogP contribution in [-0.4, -0.2) is 36.5 Å². The van der Waals surface area contributed by atoms with Crippen molar-refractivity contribution in [1.29, 1.82) is 0 Å². The largest absolute Gasteiger partial charge is 0.383 e. The van der Waals surface area contributed by atoms with E-state index in [1.165, 1.54) is 0 Å². The summed E-state index contributed by atoms with van der Waals surface area (Å²) in [7, 11) is 1.68. The van der Waals surface area contributed by atoms with Crippen LogP contribution in [0.4, 0.5) is 5.82 Å². The molecule has 1 aromatic rings. The van der Waals surface area contributed by atoms with Crippen molar-refractivity contribution < 1.29 is 4.74 Å². The van der Waals surface area contributed by atoms with Crippen LogP contribution in [0, 0.1) is 0 Å². The molecule has 4 nitrogen and oxygen atoms in total. The molecule has 0 saturated carbocycles. The van der Waals surface area contributed by atoms with Crippen LogP contribution in [-0.2, 0) is 4.74 Å². The second-order valence-corrected chi connectivity index (χ2v) is 3.19. The predicted molar refractivity (Wildman–Crippen MR) is 54.2 cm³/mol. The second kappa shape index (κ2) is 5.77. The van der Waals surface area contributed by atoms with Gasteiger partial charge in [0, 0.05) is 19.7 Å². The summed E-state index contributed by atoms with van der Waals surface area (Å²) in [5, 5.41) is 4.10. The van der Waals surface area contributed by atoms with Gasteiger partial charge in [-0.25, -0.2) is 9.97 Å². The van der Waals surface area contributed by atoms with Crippen LogP contribution < -0.4 is 5.32 Å². The van der Waals surface area contributed by atoms with E-state index in [4.69, 9.17) is 4.74 Å². The van der Waals surface area contributed by atoms with Crippen molar-refractivity contribution in [2.75, 3.05) is 31.8 Å². The molecule has 0 aliphatic heterocycles. The van der Waals surface area contributed by atoms with E-state index in [1.54, 1.807) is 25.2 Å². The van der Waals surface area contributed by atoms with Crippen molar-refractivity contribution in [2.45, 2.75) is 5.03 Å². The maximum absolute atomic E-state index is 4.91. The number of nitrogens with zero attached hydrogens (tertiary/aromatic N) is 2. The highest BCUT2D eigenvalue weighted by molar-refractivity contribution is 7.98. The molecule has 0 atom stereocenters. The van der Waals surface area contributed by atoms with E-state index in [2.05, 4.69) is 15.3 Å². The van der Waals surface area contributed by atoms with Crippen LogP contribution in [0.25, 0.3) is 0 Å². The van der Waals surface area contributed by atoms with Gasteiger partial charge in [0.2, 0.25) is 0 Å². The Kier molecular flexibility index (Phi) is 4.56. The molecule has 5 heteroatoms. The first kappa shape index (κ1) is 10.3. The lowest BCUT2D eigenvalue weighted by Crippen LogP contribution is -2.08. The number of rotatable bonds is 5. The predicted octanol–water partition coefficient (Wildman–Crippen LogP) is 1.26. The summed E-state index contributed by atoms with van der Waals surface area (Å²) in [6.07, 6.45) is 3.54. The number of hydrogen-bond donors (Lipinski definition) is 1. The van der Waals surface area contributed by atoms with Gasteiger partial charge in [0.1, 0.15) is 17.2 Å². The maximum Gasteiger partial charge on any atom is 0.130 e. The Hall–Kier alpha value is -0.810. The zero-order valence-electron chi connectivity index (χ0n) is 7.78.